The van der Waals surface area contributed by atoms with Crippen LogP contribution in [0.4, 0.5) is 4.39 Å². The molecule has 2 rings (SSSR count). The molecule has 1 aromatic heterocycles. The maximum atomic E-state index is 13.2. The Labute approximate surface area is 127 Å². The van der Waals surface area contributed by atoms with E-state index in [-0.39, 0.29) is 21.2 Å². The van der Waals surface area contributed by atoms with E-state index in [9.17, 15) is 14.0 Å². The van der Waals surface area contributed by atoms with Gasteiger partial charge < -0.3 is 0 Å². The fourth-order valence-electron chi connectivity index (χ4n) is 1.88. The van der Waals surface area contributed by atoms with E-state index in [1.54, 1.807) is 13.8 Å². The van der Waals surface area contributed by atoms with Gasteiger partial charge in [-0.3, -0.25) is 9.78 Å². The summed E-state index contributed by atoms with van der Waals surface area (Å²) in [5.41, 5.74) is -0.593. The first-order valence-corrected chi connectivity index (χ1v) is 7.00. The Hall–Kier alpha value is -1.40. The van der Waals surface area contributed by atoms with Crippen LogP contribution in [0.3, 0.4) is 0 Å². The Bertz CT molecular complexity index is 783. The second-order valence-electron chi connectivity index (χ2n) is 4.55. The molecule has 4 nitrogen and oxygen atoms in total. The van der Waals surface area contributed by atoms with Crippen LogP contribution in [0.2, 0.25) is 5.15 Å². The minimum Gasteiger partial charge on any atom is -0.297 e. The van der Waals surface area contributed by atoms with Crippen molar-refractivity contribution in [1.29, 1.82) is 0 Å². The molecule has 0 aliphatic carbocycles. The van der Waals surface area contributed by atoms with Gasteiger partial charge in [-0.1, -0.05) is 25.4 Å². The predicted octanol–water partition coefficient (Wildman–Crippen LogP) is 3.20. The third-order valence-electron chi connectivity index (χ3n) is 2.83. The van der Waals surface area contributed by atoms with E-state index in [0.717, 1.165) is 4.57 Å². The molecule has 0 bridgehead atoms. The fourth-order valence-corrected chi connectivity index (χ4v) is 2.63. The molecule has 1 aromatic carbocycles. The molecule has 20 heavy (non-hydrogen) atoms. The van der Waals surface area contributed by atoms with Crippen LogP contribution in [0.5, 0.6) is 0 Å². The van der Waals surface area contributed by atoms with Crippen molar-refractivity contribution in [3.63, 3.8) is 0 Å². The summed E-state index contributed by atoms with van der Waals surface area (Å²) < 4.78 is 14.4. The molecule has 0 unspecified atom stereocenters. The van der Waals surface area contributed by atoms with Crippen LogP contribution in [-0.4, -0.2) is 9.55 Å². The highest BCUT2D eigenvalue weighted by Crippen LogP contribution is 2.20. The Morgan fingerprint density at radius 2 is 2.00 bits per heavy atom. The van der Waals surface area contributed by atoms with Crippen molar-refractivity contribution < 1.29 is 4.39 Å². The Morgan fingerprint density at radius 1 is 1.35 bits per heavy atom. The number of nitrogens with zero attached hydrogens (tertiary/aromatic N) is 1. The highest BCUT2D eigenvalue weighted by molar-refractivity contribution is 9.10. The second kappa shape index (κ2) is 5.54. The van der Waals surface area contributed by atoms with Gasteiger partial charge in [-0.15, -0.1) is 0 Å². The molecule has 0 aliphatic heterocycles. The molecular formula is C13H11BrClFN2O2. The lowest BCUT2D eigenvalue weighted by molar-refractivity contribution is 0.620. The maximum Gasteiger partial charge on any atom is 0.334 e. The number of halogens is 3. The number of aromatic amines is 1. The monoisotopic (exact) mass is 360 g/mol. The summed E-state index contributed by atoms with van der Waals surface area (Å²) >= 11 is 8.93. The summed E-state index contributed by atoms with van der Waals surface area (Å²) in [6.07, 6.45) is 0. The first-order valence-electron chi connectivity index (χ1n) is 5.83. The Balaban J connectivity index is 2.81. The van der Waals surface area contributed by atoms with Crippen LogP contribution in [-0.2, 0) is 0 Å². The average molecular weight is 362 g/mol. The molecule has 1 N–H and O–H groups in total. The second-order valence-corrected chi connectivity index (χ2v) is 5.78. The summed E-state index contributed by atoms with van der Waals surface area (Å²) in [6, 6.07) is 3.90. The van der Waals surface area contributed by atoms with Gasteiger partial charge in [0, 0.05) is 0 Å². The predicted molar refractivity (Wildman–Crippen MR) is 79.4 cm³/mol. The number of rotatable bonds is 2. The minimum absolute atomic E-state index is 0.0347. The fraction of sp³-hybridized carbons (Fsp3) is 0.231. The topological polar surface area (TPSA) is 54.9 Å². The molecule has 0 amide bonds. The quantitative estimate of drug-likeness (QED) is 0.835. The van der Waals surface area contributed by atoms with E-state index >= 15 is 0 Å². The molecule has 106 valence electrons. The van der Waals surface area contributed by atoms with Gasteiger partial charge in [0.25, 0.3) is 5.56 Å². The lowest BCUT2D eigenvalue weighted by atomic mass is 10.1. The molecule has 7 heteroatoms. The maximum absolute atomic E-state index is 13.2. The zero-order chi connectivity index (χ0) is 15.0. The number of hydrogen-bond donors (Lipinski definition) is 1. The van der Waals surface area contributed by atoms with Gasteiger partial charge in [0.2, 0.25) is 0 Å². The Morgan fingerprint density at radius 3 is 2.55 bits per heavy atom. The van der Waals surface area contributed by atoms with Crippen molar-refractivity contribution >= 4 is 27.5 Å². The number of benzene rings is 1. The van der Waals surface area contributed by atoms with E-state index < -0.39 is 17.1 Å². The van der Waals surface area contributed by atoms with Crippen molar-refractivity contribution in [1.82, 2.24) is 9.55 Å². The van der Waals surface area contributed by atoms with E-state index in [1.165, 1.54) is 18.2 Å². The third-order valence-corrected chi connectivity index (χ3v) is 3.73. The smallest absolute Gasteiger partial charge is 0.297 e. The summed E-state index contributed by atoms with van der Waals surface area (Å²) in [5.74, 6) is -0.627. The summed E-state index contributed by atoms with van der Waals surface area (Å²) in [4.78, 5) is 26.8. The standard InChI is InChI=1S/C13H11BrClFN2O2/c1-6(2)10-11(15)17-13(20)18(12(10)19)7-3-4-9(16)8(14)5-7/h3-6H,1-2H3,(H,17,20). The van der Waals surface area contributed by atoms with Gasteiger partial charge in [-0.25, -0.2) is 13.8 Å². The molecule has 0 spiro atoms. The van der Waals surface area contributed by atoms with Gasteiger partial charge in [0.05, 0.1) is 15.7 Å². The number of aromatic nitrogens is 2. The van der Waals surface area contributed by atoms with Gasteiger partial charge in [0.1, 0.15) is 11.0 Å². The van der Waals surface area contributed by atoms with E-state index in [4.69, 9.17) is 11.6 Å². The van der Waals surface area contributed by atoms with Crippen molar-refractivity contribution in [2.75, 3.05) is 0 Å². The normalized spacial score (nSPS) is 11.1. The molecule has 0 saturated carbocycles. The molecule has 1 heterocycles. The molecular weight excluding hydrogens is 351 g/mol. The van der Waals surface area contributed by atoms with Gasteiger partial charge in [-0.2, -0.15) is 0 Å². The number of H-pyrrole nitrogens is 1. The summed E-state index contributed by atoms with van der Waals surface area (Å²) in [5, 5.41) is 0.0347. The molecule has 0 radical (unpaired) electrons. The lowest BCUT2D eigenvalue weighted by Gasteiger charge is -2.11. The van der Waals surface area contributed by atoms with Gasteiger partial charge in [-0.05, 0) is 40.0 Å². The molecule has 0 atom stereocenters. The first kappa shape index (κ1) is 15.0. The first-order chi connectivity index (χ1) is 9.32. The van der Waals surface area contributed by atoms with Crippen LogP contribution in [0.25, 0.3) is 5.69 Å². The van der Waals surface area contributed by atoms with Crippen molar-refractivity contribution in [3.05, 3.63) is 60.0 Å². The van der Waals surface area contributed by atoms with Crippen molar-refractivity contribution in [2.24, 2.45) is 0 Å². The van der Waals surface area contributed by atoms with Crippen LogP contribution >= 0.6 is 27.5 Å². The van der Waals surface area contributed by atoms with Crippen LogP contribution in [0.1, 0.15) is 25.3 Å². The van der Waals surface area contributed by atoms with Crippen molar-refractivity contribution in [2.45, 2.75) is 19.8 Å². The molecule has 0 saturated heterocycles. The zero-order valence-corrected chi connectivity index (χ0v) is 13.0. The van der Waals surface area contributed by atoms with Crippen LogP contribution in [0.15, 0.2) is 32.3 Å². The third kappa shape index (κ3) is 2.58. The molecule has 0 aliphatic rings. The van der Waals surface area contributed by atoms with Gasteiger partial charge in [0.15, 0.2) is 0 Å². The highest BCUT2D eigenvalue weighted by Gasteiger charge is 2.17. The number of hydrogen-bond acceptors (Lipinski definition) is 2. The molecule has 0 fully saturated rings. The van der Waals surface area contributed by atoms with Crippen molar-refractivity contribution in [3.8, 4) is 5.69 Å². The van der Waals surface area contributed by atoms with E-state index in [0.29, 0.717) is 5.56 Å². The minimum atomic E-state index is -0.664. The molecule has 2 aromatic rings. The van der Waals surface area contributed by atoms with E-state index in [1.807, 2.05) is 0 Å². The van der Waals surface area contributed by atoms with Crippen LogP contribution < -0.4 is 11.2 Å². The SMILES string of the molecule is CC(C)c1c(Cl)[nH]c(=O)n(-c2ccc(F)c(Br)c2)c1=O. The summed E-state index contributed by atoms with van der Waals surface area (Å²) in [6.45, 7) is 3.59. The highest BCUT2D eigenvalue weighted by atomic mass is 79.9. The van der Waals surface area contributed by atoms with Gasteiger partial charge >= 0.3 is 5.69 Å². The summed E-state index contributed by atoms with van der Waals surface area (Å²) in [7, 11) is 0. The van der Waals surface area contributed by atoms with E-state index in [2.05, 4.69) is 20.9 Å². The average Bonchev–Trinajstić information content (AvgIpc) is 2.32. The lowest BCUT2D eigenvalue weighted by Crippen LogP contribution is -2.36. The Kier molecular flexibility index (Phi) is 4.15. The van der Waals surface area contributed by atoms with Crippen LogP contribution in [0, 0.1) is 5.82 Å². The zero-order valence-electron chi connectivity index (χ0n) is 10.7. The number of nitrogens with one attached hydrogen (secondary N) is 1. The largest absolute Gasteiger partial charge is 0.334 e.